The summed E-state index contributed by atoms with van der Waals surface area (Å²) in [5.74, 6) is -0.00485. The molecule has 1 aliphatic rings. The monoisotopic (exact) mass is 394 g/mol. The molecule has 0 aliphatic carbocycles. The van der Waals surface area contributed by atoms with Gasteiger partial charge in [0.2, 0.25) is 0 Å². The van der Waals surface area contributed by atoms with E-state index in [4.69, 9.17) is 4.74 Å². The van der Waals surface area contributed by atoms with Crippen molar-refractivity contribution >= 4 is 17.7 Å². The number of carbonyl (C=O) groups excluding carboxylic acids is 3. The van der Waals surface area contributed by atoms with Crippen LogP contribution in [-0.4, -0.2) is 36.3 Å². The van der Waals surface area contributed by atoms with E-state index in [1.807, 2.05) is 39.8 Å². The zero-order chi connectivity index (χ0) is 21.3. The molecule has 1 aliphatic heterocycles. The second-order valence-electron chi connectivity index (χ2n) is 7.48. The molecule has 1 heterocycles. The number of methoxy groups -OCH3 is 1. The molecule has 152 valence electrons. The van der Waals surface area contributed by atoms with Crippen LogP contribution in [0.5, 0.6) is 5.75 Å². The highest BCUT2D eigenvalue weighted by atomic mass is 16.5. The van der Waals surface area contributed by atoms with E-state index < -0.39 is 17.5 Å². The van der Waals surface area contributed by atoms with Gasteiger partial charge in [0.05, 0.1) is 13.7 Å². The van der Waals surface area contributed by atoms with Crippen molar-refractivity contribution in [1.29, 1.82) is 0 Å². The molecule has 29 heavy (non-hydrogen) atoms. The van der Waals surface area contributed by atoms with Gasteiger partial charge in [-0.3, -0.25) is 14.5 Å². The molecule has 0 unspecified atom stereocenters. The van der Waals surface area contributed by atoms with Gasteiger partial charge in [-0.15, -0.1) is 0 Å². The van der Waals surface area contributed by atoms with E-state index in [1.165, 1.54) is 0 Å². The van der Waals surface area contributed by atoms with Gasteiger partial charge in [0, 0.05) is 5.56 Å². The number of rotatable bonds is 6. The predicted molar refractivity (Wildman–Crippen MR) is 110 cm³/mol. The molecule has 1 atom stereocenters. The van der Waals surface area contributed by atoms with Crippen molar-refractivity contribution in [3.8, 4) is 5.75 Å². The normalized spacial score (nSPS) is 18.7. The van der Waals surface area contributed by atoms with Gasteiger partial charge >= 0.3 is 6.03 Å². The SMILES string of the molecule is CC[C@]1(c2ccc(OC)cc2)NC(=O)N(CC(=O)c2cc(C)c(C)cc2C)C1=O. The summed E-state index contributed by atoms with van der Waals surface area (Å²) >= 11 is 0. The summed E-state index contributed by atoms with van der Waals surface area (Å²) < 4.78 is 5.17. The highest BCUT2D eigenvalue weighted by Gasteiger charge is 2.51. The number of nitrogens with one attached hydrogen (secondary N) is 1. The van der Waals surface area contributed by atoms with E-state index in [0.717, 1.165) is 21.6 Å². The third kappa shape index (κ3) is 3.50. The third-order valence-electron chi connectivity index (χ3n) is 5.73. The van der Waals surface area contributed by atoms with E-state index in [1.54, 1.807) is 31.4 Å². The lowest BCUT2D eigenvalue weighted by molar-refractivity contribution is -0.131. The molecule has 3 amide bonds. The lowest BCUT2D eigenvalue weighted by atomic mass is 9.87. The maximum Gasteiger partial charge on any atom is 0.325 e. The summed E-state index contributed by atoms with van der Waals surface area (Å²) in [4.78, 5) is 39.8. The topological polar surface area (TPSA) is 75.7 Å². The van der Waals surface area contributed by atoms with Crippen LogP contribution >= 0.6 is 0 Å². The van der Waals surface area contributed by atoms with Gasteiger partial charge in [0.15, 0.2) is 5.78 Å². The number of hydrogen-bond donors (Lipinski definition) is 1. The molecule has 0 radical (unpaired) electrons. The second-order valence-corrected chi connectivity index (χ2v) is 7.48. The van der Waals surface area contributed by atoms with Crippen LogP contribution in [0.15, 0.2) is 36.4 Å². The number of imide groups is 1. The molecule has 2 aromatic carbocycles. The number of aryl methyl sites for hydroxylation is 3. The van der Waals surface area contributed by atoms with Crippen LogP contribution in [0.2, 0.25) is 0 Å². The number of amides is 3. The minimum absolute atomic E-state index is 0.254. The van der Waals surface area contributed by atoms with Crippen LogP contribution in [-0.2, 0) is 10.3 Å². The number of urea groups is 1. The number of benzene rings is 2. The zero-order valence-electron chi connectivity index (χ0n) is 17.5. The standard InChI is InChI=1S/C23H26N2O4/c1-6-23(17-7-9-18(29-5)10-8-17)21(27)25(22(28)24-23)13-20(26)19-12-15(3)14(2)11-16(19)4/h7-12H,6,13H2,1-5H3,(H,24,28)/t23-/m1/s1. The lowest BCUT2D eigenvalue weighted by Gasteiger charge is -2.26. The Balaban J connectivity index is 1.89. The largest absolute Gasteiger partial charge is 0.497 e. The van der Waals surface area contributed by atoms with Gasteiger partial charge in [-0.1, -0.05) is 25.1 Å². The fraction of sp³-hybridized carbons (Fsp3) is 0.348. The number of ketones is 1. The van der Waals surface area contributed by atoms with Crippen molar-refractivity contribution in [2.24, 2.45) is 0 Å². The minimum Gasteiger partial charge on any atom is -0.497 e. The minimum atomic E-state index is -1.18. The van der Waals surface area contributed by atoms with Crippen LogP contribution in [0, 0.1) is 20.8 Å². The molecule has 2 aromatic rings. The van der Waals surface area contributed by atoms with Crippen molar-refractivity contribution in [3.63, 3.8) is 0 Å². The number of carbonyl (C=O) groups is 3. The molecule has 1 fully saturated rings. The van der Waals surface area contributed by atoms with Gasteiger partial charge in [-0.05, 0) is 67.6 Å². The summed E-state index contributed by atoms with van der Waals surface area (Å²) in [5.41, 5.74) is 2.95. The van der Waals surface area contributed by atoms with Crippen LogP contribution < -0.4 is 10.1 Å². The molecular weight excluding hydrogens is 368 g/mol. The highest BCUT2D eigenvalue weighted by Crippen LogP contribution is 2.33. The zero-order valence-corrected chi connectivity index (χ0v) is 17.5. The lowest BCUT2D eigenvalue weighted by Crippen LogP contribution is -2.43. The Morgan fingerprint density at radius 1 is 1.03 bits per heavy atom. The molecule has 0 spiro atoms. The first kappa shape index (κ1) is 20.6. The van der Waals surface area contributed by atoms with E-state index >= 15 is 0 Å². The molecule has 0 aromatic heterocycles. The molecule has 0 bridgehead atoms. The number of ether oxygens (including phenoxy) is 1. The molecule has 3 rings (SSSR count). The molecule has 1 N–H and O–H groups in total. The van der Waals surface area contributed by atoms with Gasteiger partial charge in [-0.2, -0.15) is 0 Å². The van der Waals surface area contributed by atoms with Crippen LogP contribution in [0.1, 0.15) is 46.0 Å². The van der Waals surface area contributed by atoms with Crippen molar-refractivity contribution in [2.75, 3.05) is 13.7 Å². The first-order valence-corrected chi connectivity index (χ1v) is 9.63. The Hall–Kier alpha value is -3.15. The van der Waals surface area contributed by atoms with Gasteiger partial charge < -0.3 is 10.1 Å². The highest BCUT2D eigenvalue weighted by molar-refractivity contribution is 6.11. The third-order valence-corrected chi connectivity index (χ3v) is 5.73. The van der Waals surface area contributed by atoms with Crippen molar-refractivity contribution in [2.45, 2.75) is 39.7 Å². The van der Waals surface area contributed by atoms with Crippen molar-refractivity contribution in [3.05, 3.63) is 64.2 Å². The summed E-state index contributed by atoms with van der Waals surface area (Å²) in [6.45, 7) is 7.33. The Morgan fingerprint density at radius 3 is 2.24 bits per heavy atom. The van der Waals surface area contributed by atoms with Crippen LogP contribution in [0.3, 0.4) is 0 Å². The summed E-state index contributed by atoms with van der Waals surface area (Å²) in [6, 6.07) is 10.2. The molecule has 0 saturated carbocycles. The van der Waals surface area contributed by atoms with Gasteiger partial charge in [0.1, 0.15) is 11.3 Å². The number of hydrogen-bond acceptors (Lipinski definition) is 4. The molecule has 6 nitrogen and oxygen atoms in total. The van der Waals surface area contributed by atoms with Crippen molar-refractivity contribution < 1.29 is 19.1 Å². The predicted octanol–water partition coefficient (Wildman–Crippen LogP) is 3.66. The first-order chi connectivity index (χ1) is 13.7. The Morgan fingerprint density at radius 2 is 1.66 bits per heavy atom. The van der Waals surface area contributed by atoms with Crippen molar-refractivity contribution in [1.82, 2.24) is 10.2 Å². The number of Topliss-reactive ketones (excluding diaryl/α,β-unsaturated/α-hetero) is 1. The Labute approximate surface area is 170 Å². The Kier molecular flexibility index (Phi) is 5.46. The van der Waals surface area contributed by atoms with Gasteiger partial charge in [0.25, 0.3) is 5.91 Å². The average Bonchev–Trinajstić information content (AvgIpc) is 2.95. The van der Waals surface area contributed by atoms with Gasteiger partial charge in [-0.25, -0.2) is 4.79 Å². The quantitative estimate of drug-likeness (QED) is 0.599. The fourth-order valence-electron chi connectivity index (χ4n) is 3.77. The van der Waals surface area contributed by atoms with Crippen LogP contribution in [0.4, 0.5) is 4.79 Å². The van der Waals surface area contributed by atoms with E-state index in [-0.39, 0.29) is 12.3 Å². The fourth-order valence-corrected chi connectivity index (χ4v) is 3.77. The van der Waals surface area contributed by atoms with E-state index in [0.29, 0.717) is 23.3 Å². The number of nitrogens with zero attached hydrogens (tertiary/aromatic N) is 1. The molecular formula is C23H26N2O4. The first-order valence-electron chi connectivity index (χ1n) is 9.63. The summed E-state index contributed by atoms with van der Waals surface area (Å²) in [5, 5.41) is 2.81. The summed E-state index contributed by atoms with van der Waals surface area (Å²) in [7, 11) is 1.56. The Bertz CT molecular complexity index is 981. The average molecular weight is 394 g/mol. The molecule has 6 heteroatoms. The molecule has 1 saturated heterocycles. The maximum absolute atomic E-state index is 13.3. The maximum atomic E-state index is 13.3. The smallest absolute Gasteiger partial charge is 0.325 e. The summed E-state index contributed by atoms with van der Waals surface area (Å²) in [6.07, 6.45) is 0.372. The van der Waals surface area contributed by atoms with E-state index in [9.17, 15) is 14.4 Å². The second kappa shape index (κ2) is 7.70. The van der Waals surface area contributed by atoms with Crippen LogP contribution in [0.25, 0.3) is 0 Å². The van der Waals surface area contributed by atoms with E-state index in [2.05, 4.69) is 5.32 Å².